The van der Waals surface area contributed by atoms with Crippen LogP contribution in [0.5, 0.6) is 0 Å². The molecule has 0 saturated carbocycles. The predicted molar refractivity (Wildman–Crippen MR) is 48.0 cm³/mol. The Morgan fingerprint density at radius 2 is 1.64 bits per heavy atom. The van der Waals surface area contributed by atoms with Crippen molar-refractivity contribution in [1.29, 1.82) is 0 Å². The molecule has 1 nitrogen and oxygen atoms in total. The fourth-order valence-electron chi connectivity index (χ4n) is 1.62. The Morgan fingerprint density at radius 3 is 2.09 bits per heavy atom. The van der Waals surface area contributed by atoms with Crippen LogP contribution in [0, 0.1) is 11.8 Å². The highest BCUT2D eigenvalue weighted by atomic mass is 16.2. The van der Waals surface area contributed by atoms with Crippen LogP contribution in [0.1, 0.15) is 46.5 Å². The van der Waals surface area contributed by atoms with E-state index in [2.05, 4.69) is 20.8 Å². The fraction of sp³-hybridized carbons (Fsp3) is 1.00. The Labute approximate surface area is 70.8 Å². The van der Waals surface area contributed by atoms with Gasteiger partial charge in [0.25, 0.3) is 0 Å². The zero-order valence-electron chi connectivity index (χ0n) is 8.10. The maximum Gasteiger partial charge on any atom is 0.0824 e. The molecule has 11 heavy (non-hydrogen) atoms. The summed E-state index contributed by atoms with van der Waals surface area (Å²) >= 11 is 0. The summed E-state index contributed by atoms with van der Waals surface area (Å²) in [5.74, 6) is 1.44. The van der Waals surface area contributed by atoms with E-state index in [-0.39, 0.29) is 6.61 Å². The number of hydrogen-bond acceptors (Lipinski definition) is 0. The molecule has 0 bridgehead atoms. The molecule has 0 spiro atoms. The Hall–Kier alpha value is -0.0400. The van der Waals surface area contributed by atoms with Crippen molar-refractivity contribution < 1.29 is 5.11 Å². The lowest BCUT2D eigenvalue weighted by Gasteiger charge is -2.14. The molecule has 1 radical (unpaired) electrons. The molecule has 2 atom stereocenters. The van der Waals surface area contributed by atoms with Gasteiger partial charge < -0.3 is 0 Å². The summed E-state index contributed by atoms with van der Waals surface area (Å²) in [6, 6.07) is 0. The molecule has 0 saturated heterocycles. The second-order valence-corrected chi connectivity index (χ2v) is 3.73. The SMILES string of the molecule is CCCC(C)CC(C)CC[O]. The molecule has 0 aliphatic heterocycles. The van der Waals surface area contributed by atoms with Crippen molar-refractivity contribution in [3.8, 4) is 0 Å². The first-order valence-electron chi connectivity index (χ1n) is 4.78. The van der Waals surface area contributed by atoms with Gasteiger partial charge in [-0.2, -0.15) is 0 Å². The highest BCUT2D eigenvalue weighted by molar-refractivity contribution is 4.58. The van der Waals surface area contributed by atoms with Crippen molar-refractivity contribution in [3.63, 3.8) is 0 Å². The summed E-state index contributed by atoms with van der Waals surface area (Å²) in [5.41, 5.74) is 0. The van der Waals surface area contributed by atoms with Gasteiger partial charge in [0, 0.05) is 0 Å². The lowest BCUT2D eigenvalue weighted by atomic mass is 9.92. The maximum absolute atomic E-state index is 10.3. The average Bonchev–Trinajstić information content (AvgIpc) is 1.87. The molecule has 2 unspecified atom stereocenters. The van der Waals surface area contributed by atoms with E-state index in [0.717, 1.165) is 12.3 Å². The highest BCUT2D eigenvalue weighted by Gasteiger charge is 2.07. The van der Waals surface area contributed by atoms with E-state index in [1.165, 1.54) is 19.3 Å². The molecule has 0 aliphatic rings. The maximum atomic E-state index is 10.3. The Bertz CT molecular complexity index is 70.9. The quantitative estimate of drug-likeness (QED) is 0.564. The zero-order chi connectivity index (χ0) is 8.69. The predicted octanol–water partition coefficient (Wildman–Crippen LogP) is 3.27. The van der Waals surface area contributed by atoms with Crippen LogP contribution in [0.25, 0.3) is 0 Å². The molecular formula is C10H21O. The third-order valence-corrected chi connectivity index (χ3v) is 2.20. The monoisotopic (exact) mass is 157 g/mol. The molecule has 0 heterocycles. The summed E-state index contributed by atoms with van der Waals surface area (Å²) in [7, 11) is 0. The third-order valence-electron chi connectivity index (χ3n) is 2.20. The molecular weight excluding hydrogens is 136 g/mol. The fourth-order valence-corrected chi connectivity index (χ4v) is 1.62. The highest BCUT2D eigenvalue weighted by Crippen LogP contribution is 2.18. The molecule has 0 N–H and O–H groups in total. The molecule has 0 aromatic carbocycles. The van der Waals surface area contributed by atoms with Crippen molar-refractivity contribution in [3.05, 3.63) is 0 Å². The van der Waals surface area contributed by atoms with Gasteiger partial charge in [-0.3, -0.25) is 0 Å². The molecule has 0 aromatic heterocycles. The third kappa shape index (κ3) is 6.36. The van der Waals surface area contributed by atoms with Gasteiger partial charge in [0.05, 0.1) is 6.61 Å². The normalized spacial score (nSPS) is 16.4. The van der Waals surface area contributed by atoms with E-state index < -0.39 is 0 Å². The smallest absolute Gasteiger partial charge is 0.0824 e. The number of hydrogen-bond donors (Lipinski definition) is 0. The minimum Gasteiger partial charge on any atom is -0.237 e. The van der Waals surface area contributed by atoms with Crippen molar-refractivity contribution in [2.24, 2.45) is 11.8 Å². The van der Waals surface area contributed by atoms with Crippen LogP contribution in [-0.4, -0.2) is 6.61 Å². The molecule has 0 aromatic rings. The van der Waals surface area contributed by atoms with Crippen LogP contribution < -0.4 is 0 Å². The van der Waals surface area contributed by atoms with Gasteiger partial charge >= 0.3 is 0 Å². The van der Waals surface area contributed by atoms with Gasteiger partial charge in [-0.05, 0) is 24.7 Å². The van der Waals surface area contributed by atoms with Gasteiger partial charge in [-0.1, -0.05) is 33.6 Å². The first kappa shape index (κ1) is 11.0. The van der Waals surface area contributed by atoms with Gasteiger partial charge in [0.2, 0.25) is 0 Å². The van der Waals surface area contributed by atoms with Crippen LogP contribution in [0.3, 0.4) is 0 Å². The molecule has 0 rings (SSSR count). The summed E-state index contributed by atoms with van der Waals surface area (Å²) < 4.78 is 0. The lowest BCUT2D eigenvalue weighted by Crippen LogP contribution is -2.04. The van der Waals surface area contributed by atoms with Crippen molar-refractivity contribution in [2.45, 2.75) is 46.5 Å². The minimum atomic E-state index is 0.0972. The summed E-state index contributed by atoms with van der Waals surface area (Å²) in [4.78, 5) is 0. The van der Waals surface area contributed by atoms with E-state index in [1.807, 2.05) is 0 Å². The number of rotatable bonds is 6. The first-order chi connectivity index (χ1) is 5.20. The van der Waals surface area contributed by atoms with Gasteiger partial charge in [-0.15, -0.1) is 0 Å². The van der Waals surface area contributed by atoms with E-state index in [1.54, 1.807) is 0 Å². The summed E-state index contributed by atoms with van der Waals surface area (Å²) in [6.07, 6.45) is 4.67. The molecule has 67 valence electrons. The van der Waals surface area contributed by atoms with E-state index in [0.29, 0.717) is 5.92 Å². The lowest BCUT2D eigenvalue weighted by molar-refractivity contribution is 0.167. The minimum absolute atomic E-state index is 0.0972. The largest absolute Gasteiger partial charge is 0.237 e. The Morgan fingerprint density at radius 1 is 1.09 bits per heavy atom. The van der Waals surface area contributed by atoms with Gasteiger partial charge in [-0.25, -0.2) is 5.11 Å². The standard InChI is InChI=1S/C10H21O/c1-4-5-9(2)8-10(3)6-7-11/h9-10H,4-8H2,1-3H3. The molecule has 0 aliphatic carbocycles. The second-order valence-electron chi connectivity index (χ2n) is 3.73. The van der Waals surface area contributed by atoms with Gasteiger partial charge in [0.1, 0.15) is 0 Å². The van der Waals surface area contributed by atoms with E-state index in [9.17, 15) is 5.11 Å². The Balaban J connectivity index is 3.32. The van der Waals surface area contributed by atoms with Crippen LogP contribution in [-0.2, 0) is 5.11 Å². The molecule has 0 fully saturated rings. The van der Waals surface area contributed by atoms with E-state index >= 15 is 0 Å². The van der Waals surface area contributed by atoms with Gasteiger partial charge in [0.15, 0.2) is 0 Å². The Kier molecular flexibility index (Phi) is 6.63. The summed E-state index contributed by atoms with van der Waals surface area (Å²) in [5, 5.41) is 10.3. The van der Waals surface area contributed by atoms with Crippen LogP contribution >= 0.6 is 0 Å². The topological polar surface area (TPSA) is 19.9 Å². The van der Waals surface area contributed by atoms with Crippen LogP contribution in [0.4, 0.5) is 0 Å². The second kappa shape index (κ2) is 6.66. The average molecular weight is 157 g/mol. The zero-order valence-corrected chi connectivity index (χ0v) is 8.10. The van der Waals surface area contributed by atoms with Crippen LogP contribution in [0.2, 0.25) is 0 Å². The van der Waals surface area contributed by atoms with Crippen LogP contribution in [0.15, 0.2) is 0 Å². The van der Waals surface area contributed by atoms with Crippen molar-refractivity contribution in [1.82, 2.24) is 0 Å². The summed E-state index contributed by atoms with van der Waals surface area (Å²) in [6.45, 7) is 6.78. The van der Waals surface area contributed by atoms with Crippen molar-refractivity contribution in [2.75, 3.05) is 6.61 Å². The van der Waals surface area contributed by atoms with E-state index in [4.69, 9.17) is 0 Å². The first-order valence-corrected chi connectivity index (χ1v) is 4.78. The molecule has 0 amide bonds. The molecule has 1 heteroatoms. The van der Waals surface area contributed by atoms with Crippen molar-refractivity contribution >= 4 is 0 Å².